The smallest absolute Gasteiger partial charge is 0.218 e. The van der Waals surface area contributed by atoms with Crippen LogP contribution < -0.4 is 4.74 Å². The Morgan fingerprint density at radius 1 is 1.41 bits per heavy atom. The predicted octanol–water partition coefficient (Wildman–Crippen LogP) is 2.58. The molecule has 1 saturated carbocycles. The number of methoxy groups -OCH3 is 1. The van der Waals surface area contributed by atoms with Crippen LogP contribution in [0.4, 0.5) is 0 Å². The highest BCUT2D eigenvalue weighted by atomic mass is 16.5. The molecule has 1 aliphatic carbocycles. The van der Waals surface area contributed by atoms with Gasteiger partial charge in [0.1, 0.15) is 18.2 Å². The molecule has 1 unspecified atom stereocenters. The summed E-state index contributed by atoms with van der Waals surface area (Å²) in [5.41, 5.74) is 0.965. The number of fused-ring (bicyclic) bond motifs is 1. The van der Waals surface area contributed by atoms with Crippen molar-refractivity contribution in [3.63, 3.8) is 0 Å². The van der Waals surface area contributed by atoms with Crippen LogP contribution in [0.5, 0.6) is 5.88 Å². The van der Waals surface area contributed by atoms with Crippen molar-refractivity contribution in [2.24, 2.45) is 5.92 Å². The van der Waals surface area contributed by atoms with Gasteiger partial charge in [0.25, 0.3) is 0 Å². The molecule has 116 valence electrons. The number of rotatable bonds is 5. The number of nitrogens with zero attached hydrogens (tertiary/aromatic N) is 4. The van der Waals surface area contributed by atoms with Gasteiger partial charge in [-0.2, -0.15) is 14.9 Å². The molecule has 6 nitrogen and oxygen atoms in total. The van der Waals surface area contributed by atoms with E-state index in [1.54, 1.807) is 23.9 Å². The Bertz CT molecular complexity index is 670. The predicted molar refractivity (Wildman–Crippen MR) is 80.6 cm³/mol. The van der Waals surface area contributed by atoms with Crippen molar-refractivity contribution in [1.29, 1.82) is 5.26 Å². The number of aromatic nitrogens is 3. The highest BCUT2D eigenvalue weighted by Gasteiger charge is 2.24. The number of ether oxygens (including phenoxy) is 2. The van der Waals surface area contributed by atoms with Crippen LogP contribution in [-0.4, -0.2) is 34.4 Å². The first kappa shape index (κ1) is 14.8. The Morgan fingerprint density at radius 3 is 2.95 bits per heavy atom. The molecular formula is C16H20N4O2. The summed E-state index contributed by atoms with van der Waals surface area (Å²) < 4.78 is 13.1. The normalized spacial score (nSPS) is 17.3. The Balaban J connectivity index is 1.72. The quantitative estimate of drug-likeness (QED) is 0.848. The van der Waals surface area contributed by atoms with Crippen LogP contribution in [-0.2, 0) is 4.74 Å². The van der Waals surface area contributed by atoms with E-state index in [1.165, 1.54) is 38.3 Å². The van der Waals surface area contributed by atoms with Gasteiger partial charge in [0.2, 0.25) is 5.88 Å². The minimum absolute atomic E-state index is 0.0921. The fraction of sp³-hybridized carbons (Fsp3) is 0.562. The van der Waals surface area contributed by atoms with E-state index in [9.17, 15) is 0 Å². The molecule has 0 saturated heterocycles. The highest BCUT2D eigenvalue weighted by molar-refractivity contribution is 5.54. The summed E-state index contributed by atoms with van der Waals surface area (Å²) >= 11 is 0. The van der Waals surface area contributed by atoms with E-state index in [0.717, 1.165) is 0 Å². The highest BCUT2D eigenvalue weighted by Crippen LogP contribution is 2.28. The van der Waals surface area contributed by atoms with Gasteiger partial charge in [-0.1, -0.05) is 19.3 Å². The molecule has 22 heavy (non-hydrogen) atoms. The summed E-state index contributed by atoms with van der Waals surface area (Å²) in [5.74, 6) is 1.15. The number of nitriles is 1. The van der Waals surface area contributed by atoms with Crippen LogP contribution in [0.1, 0.15) is 37.7 Å². The summed E-state index contributed by atoms with van der Waals surface area (Å²) in [6.45, 7) is 0.488. The van der Waals surface area contributed by atoms with E-state index in [4.69, 9.17) is 14.7 Å². The van der Waals surface area contributed by atoms with Crippen molar-refractivity contribution in [1.82, 2.24) is 14.6 Å². The van der Waals surface area contributed by atoms with Gasteiger partial charge in [0, 0.05) is 19.4 Å². The van der Waals surface area contributed by atoms with Gasteiger partial charge in [-0.15, -0.1) is 0 Å². The van der Waals surface area contributed by atoms with E-state index in [0.29, 0.717) is 29.6 Å². The second-order valence-corrected chi connectivity index (χ2v) is 5.67. The van der Waals surface area contributed by atoms with Crippen molar-refractivity contribution >= 4 is 5.65 Å². The second-order valence-electron chi connectivity index (χ2n) is 5.67. The minimum Gasteiger partial charge on any atom is -0.475 e. The first-order chi connectivity index (χ1) is 10.8. The monoisotopic (exact) mass is 300 g/mol. The minimum atomic E-state index is 0.0921. The van der Waals surface area contributed by atoms with Gasteiger partial charge in [-0.05, 0) is 18.8 Å². The van der Waals surface area contributed by atoms with Crippen LogP contribution in [0, 0.1) is 17.2 Å². The van der Waals surface area contributed by atoms with Crippen molar-refractivity contribution in [2.75, 3.05) is 13.7 Å². The lowest BCUT2D eigenvalue weighted by molar-refractivity contribution is 0.00170. The lowest BCUT2D eigenvalue weighted by atomic mass is 9.85. The third kappa shape index (κ3) is 2.90. The Hall–Kier alpha value is -2.13. The molecule has 3 rings (SSSR count). The zero-order valence-corrected chi connectivity index (χ0v) is 12.7. The van der Waals surface area contributed by atoms with Crippen LogP contribution in [0.15, 0.2) is 18.5 Å². The summed E-state index contributed by atoms with van der Waals surface area (Å²) in [5, 5.41) is 13.2. The topological polar surface area (TPSA) is 72.4 Å². The van der Waals surface area contributed by atoms with Crippen LogP contribution in [0.2, 0.25) is 0 Å². The molecule has 1 fully saturated rings. The SMILES string of the molecule is COC(COc1ccnc2c(C#N)cnn12)C1CCCCC1. The first-order valence-electron chi connectivity index (χ1n) is 7.72. The van der Waals surface area contributed by atoms with E-state index in [1.807, 2.05) is 0 Å². The zero-order valence-electron chi connectivity index (χ0n) is 12.7. The van der Waals surface area contributed by atoms with Gasteiger partial charge >= 0.3 is 0 Å². The maximum atomic E-state index is 9.04. The fourth-order valence-corrected chi connectivity index (χ4v) is 3.13. The fourth-order valence-electron chi connectivity index (χ4n) is 3.13. The largest absolute Gasteiger partial charge is 0.475 e. The second kappa shape index (κ2) is 6.75. The van der Waals surface area contributed by atoms with E-state index in [-0.39, 0.29) is 6.10 Å². The lowest BCUT2D eigenvalue weighted by Gasteiger charge is -2.29. The van der Waals surface area contributed by atoms with Crippen molar-refractivity contribution in [3.8, 4) is 11.9 Å². The summed E-state index contributed by atoms with van der Waals surface area (Å²) in [7, 11) is 1.74. The van der Waals surface area contributed by atoms with Gasteiger partial charge in [-0.3, -0.25) is 0 Å². The van der Waals surface area contributed by atoms with Crippen molar-refractivity contribution < 1.29 is 9.47 Å². The average molecular weight is 300 g/mol. The van der Waals surface area contributed by atoms with Crippen LogP contribution in [0.25, 0.3) is 5.65 Å². The first-order valence-corrected chi connectivity index (χ1v) is 7.72. The standard InChI is InChI=1S/C16H20N4O2/c1-21-14(12-5-3-2-4-6-12)11-22-15-7-8-18-16-13(9-17)10-19-20(15)16/h7-8,10,12,14H,2-6,11H2,1H3. The molecule has 0 bridgehead atoms. The molecule has 0 aliphatic heterocycles. The molecule has 0 amide bonds. The molecule has 0 spiro atoms. The van der Waals surface area contributed by atoms with Crippen molar-refractivity contribution in [2.45, 2.75) is 38.2 Å². The van der Waals surface area contributed by atoms with Crippen LogP contribution in [0.3, 0.4) is 0 Å². The molecule has 1 atom stereocenters. The molecule has 0 N–H and O–H groups in total. The van der Waals surface area contributed by atoms with E-state index >= 15 is 0 Å². The van der Waals surface area contributed by atoms with E-state index < -0.39 is 0 Å². The third-order valence-corrected chi connectivity index (χ3v) is 4.36. The molecule has 0 radical (unpaired) electrons. The van der Waals surface area contributed by atoms with Gasteiger partial charge in [-0.25, -0.2) is 4.98 Å². The number of hydrogen-bond donors (Lipinski definition) is 0. The molecule has 2 aromatic heterocycles. The van der Waals surface area contributed by atoms with Gasteiger partial charge in [0.05, 0.1) is 12.3 Å². The Morgan fingerprint density at radius 2 is 2.23 bits per heavy atom. The average Bonchev–Trinajstić information content (AvgIpc) is 3.00. The van der Waals surface area contributed by atoms with Crippen LogP contribution >= 0.6 is 0 Å². The summed E-state index contributed by atoms with van der Waals surface area (Å²) in [4.78, 5) is 4.18. The molecule has 6 heteroatoms. The Labute approximate surface area is 129 Å². The molecule has 2 heterocycles. The molecular weight excluding hydrogens is 280 g/mol. The van der Waals surface area contributed by atoms with E-state index in [2.05, 4.69) is 16.2 Å². The molecule has 1 aliphatic rings. The Kier molecular flexibility index (Phi) is 4.54. The van der Waals surface area contributed by atoms with Gasteiger partial charge in [0.15, 0.2) is 5.65 Å². The summed E-state index contributed by atoms with van der Waals surface area (Å²) in [6.07, 6.45) is 9.50. The third-order valence-electron chi connectivity index (χ3n) is 4.36. The van der Waals surface area contributed by atoms with Crippen molar-refractivity contribution in [3.05, 3.63) is 24.0 Å². The molecule has 2 aromatic rings. The lowest BCUT2D eigenvalue weighted by Crippen LogP contribution is -2.31. The zero-order chi connectivity index (χ0) is 15.4. The molecule has 0 aromatic carbocycles. The van der Waals surface area contributed by atoms with Gasteiger partial charge < -0.3 is 9.47 Å². The maximum Gasteiger partial charge on any atom is 0.218 e. The maximum absolute atomic E-state index is 9.04. The summed E-state index contributed by atoms with van der Waals surface area (Å²) in [6, 6.07) is 3.84. The number of hydrogen-bond acceptors (Lipinski definition) is 5.